The summed E-state index contributed by atoms with van der Waals surface area (Å²) in [5, 5.41) is 3.38. The Morgan fingerprint density at radius 2 is 2.05 bits per heavy atom. The predicted molar refractivity (Wildman–Crippen MR) is 78.1 cm³/mol. The average Bonchev–Trinajstić information content (AvgIpc) is 3.18. The van der Waals surface area contributed by atoms with Crippen LogP contribution < -0.4 is 5.32 Å². The third kappa shape index (κ3) is 3.20. The maximum atomic E-state index is 12.6. The Morgan fingerprint density at radius 1 is 1.32 bits per heavy atom. The van der Waals surface area contributed by atoms with Crippen LogP contribution in [0.5, 0.6) is 0 Å². The van der Waals surface area contributed by atoms with E-state index >= 15 is 0 Å². The first-order valence-corrected chi connectivity index (χ1v) is 7.89. The number of carbonyl (C=O) groups is 1. The number of hydrogen-bond acceptors (Lipinski definition) is 2. The van der Waals surface area contributed by atoms with E-state index in [9.17, 15) is 4.79 Å². The summed E-state index contributed by atoms with van der Waals surface area (Å²) in [6, 6.07) is 2.35. The normalized spacial score (nSPS) is 20.5. The fraction of sp³-hybridized carbons (Fsp3) is 0.643. The minimum atomic E-state index is 0.159. The van der Waals surface area contributed by atoms with Crippen molar-refractivity contribution >= 4 is 21.8 Å². The molecule has 2 fully saturated rings. The molecule has 2 heterocycles. The van der Waals surface area contributed by atoms with Crippen LogP contribution in [0.15, 0.2) is 16.7 Å². The molecule has 0 radical (unpaired) electrons. The second kappa shape index (κ2) is 5.67. The van der Waals surface area contributed by atoms with Crippen molar-refractivity contribution in [2.45, 2.75) is 31.7 Å². The molecule has 104 valence electrons. The number of H-pyrrole nitrogens is 1. The Bertz CT molecular complexity index is 449. The van der Waals surface area contributed by atoms with E-state index in [-0.39, 0.29) is 5.91 Å². The highest BCUT2D eigenvalue weighted by Gasteiger charge is 2.35. The highest BCUT2D eigenvalue weighted by atomic mass is 79.9. The molecule has 1 saturated carbocycles. The molecule has 1 saturated heterocycles. The molecule has 0 unspecified atom stereocenters. The topological polar surface area (TPSA) is 48.1 Å². The molecule has 2 aliphatic rings. The zero-order valence-corrected chi connectivity index (χ0v) is 12.6. The average molecular weight is 326 g/mol. The van der Waals surface area contributed by atoms with Crippen molar-refractivity contribution in [2.75, 3.05) is 19.6 Å². The highest BCUT2D eigenvalue weighted by molar-refractivity contribution is 9.10. The highest BCUT2D eigenvalue weighted by Crippen LogP contribution is 2.30. The van der Waals surface area contributed by atoms with Gasteiger partial charge in [0.2, 0.25) is 0 Å². The summed E-state index contributed by atoms with van der Waals surface area (Å²) in [4.78, 5) is 17.7. The number of aromatic nitrogens is 1. The van der Waals surface area contributed by atoms with Gasteiger partial charge in [-0.25, -0.2) is 0 Å². The van der Waals surface area contributed by atoms with Crippen LogP contribution in [0.3, 0.4) is 0 Å². The summed E-state index contributed by atoms with van der Waals surface area (Å²) < 4.78 is 0.938. The van der Waals surface area contributed by atoms with Gasteiger partial charge in [0, 0.05) is 23.3 Å². The second-order valence-corrected chi connectivity index (χ2v) is 6.53. The maximum absolute atomic E-state index is 12.6. The number of rotatable bonds is 4. The van der Waals surface area contributed by atoms with Crippen LogP contribution in [0.2, 0.25) is 0 Å². The van der Waals surface area contributed by atoms with Gasteiger partial charge >= 0.3 is 0 Å². The fourth-order valence-corrected chi connectivity index (χ4v) is 3.12. The number of nitrogens with one attached hydrogen (secondary N) is 2. The molecular weight excluding hydrogens is 306 g/mol. The Balaban J connectivity index is 1.68. The van der Waals surface area contributed by atoms with Crippen molar-refractivity contribution in [1.82, 2.24) is 15.2 Å². The van der Waals surface area contributed by atoms with E-state index in [1.54, 1.807) is 0 Å². The van der Waals surface area contributed by atoms with E-state index in [1.807, 2.05) is 12.3 Å². The summed E-state index contributed by atoms with van der Waals surface area (Å²) in [6.07, 6.45) is 6.52. The first-order chi connectivity index (χ1) is 9.24. The molecule has 0 atom stereocenters. The molecule has 4 nitrogen and oxygen atoms in total. The monoisotopic (exact) mass is 325 g/mol. The predicted octanol–water partition coefficient (Wildman–Crippen LogP) is 2.38. The van der Waals surface area contributed by atoms with Crippen LogP contribution in [0.4, 0.5) is 0 Å². The molecule has 0 bridgehead atoms. The van der Waals surface area contributed by atoms with Crippen molar-refractivity contribution in [2.24, 2.45) is 5.92 Å². The van der Waals surface area contributed by atoms with E-state index < -0.39 is 0 Å². The van der Waals surface area contributed by atoms with E-state index in [0.29, 0.717) is 17.7 Å². The third-order valence-corrected chi connectivity index (χ3v) is 4.50. The molecule has 5 heteroatoms. The molecule has 1 aliphatic carbocycles. The SMILES string of the molecule is O=C(c1cc(Br)c[nH]1)N(CC1CCNCC1)C1CC1. The molecule has 3 rings (SSSR count). The number of aromatic amines is 1. The lowest BCUT2D eigenvalue weighted by Crippen LogP contribution is -2.40. The number of carbonyl (C=O) groups excluding carboxylic acids is 1. The van der Waals surface area contributed by atoms with Crippen LogP contribution in [0.25, 0.3) is 0 Å². The number of hydrogen-bond donors (Lipinski definition) is 2. The molecule has 2 N–H and O–H groups in total. The van der Waals surface area contributed by atoms with Crippen LogP contribution >= 0.6 is 15.9 Å². The number of halogens is 1. The summed E-state index contributed by atoms with van der Waals surface area (Å²) >= 11 is 3.39. The number of amides is 1. The molecule has 0 aromatic carbocycles. The molecule has 1 aliphatic heterocycles. The van der Waals surface area contributed by atoms with Crippen molar-refractivity contribution in [3.63, 3.8) is 0 Å². The van der Waals surface area contributed by atoms with Crippen LogP contribution in [0, 0.1) is 5.92 Å². The van der Waals surface area contributed by atoms with Gasteiger partial charge in [0.25, 0.3) is 5.91 Å². The van der Waals surface area contributed by atoms with Gasteiger partial charge in [-0.2, -0.15) is 0 Å². The molecular formula is C14H20BrN3O. The zero-order valence-electron chi connectivity index (χ0n) is 11.0. The molecule has 0 spiro atoms. The lowest BCUT2D eigenvalue weighted by atomic mass is 9.97. The van der Waals surface area contributed by atoms with Crippen LogP contribution in [-0.4, -0.2) is 41.5 Å². The van der Waals surface area contributed by atoms with Crippen molar-refractivity contribution in [3.8, 4) is 0 Å². The minimum absolute atomic E-state index is 0.159. The number of piperidine rings is 1. The van der Waals surface area contributed by atoms with Gasteiger partial charge in [-0.1, -0.05) is 0 Å². The summed E-state index contributed by atoms with van der Waals surface area (Å²) in [6.45, 7) is 3.10. The van der Waals surface area contributed by atoms with Gasteiger partial charge in [-0.3, -0.25) is 4.79 Å². The van der Waals surface area contributed by atoms with Gasteiger partial charge in [-0.05, 0) is 66.7 Å². The summed E-state index contributed by atoms with van der Waals surface area (Å²) in [5.41, 5.74) is 0.702. The van der Waals surface area contributed by atoms with Crippen LogP contribution in [-0.2, 0) is 0 Å². The molecule has 1 aromatic heterocycles. The third-order valence-electron chi connectivity index (χ3n) is 4.04. The minimum Gasteiger partial charge on any atom is -0.356 e. The first kappa shape index (κ1) is 13.2. The van der Waals surface area contributed by atoms with Gasteiger partial charge in [-0.15, -0.1) is 0 Å². The lowest BCUT2D eigenvalue weighted by molar-refractivity contribution is 0.0696. The van der Waals surface area contributed by atoms with Gasteiger partial charge < -0.3 is 15.2 Å². The zero-order chi connectivity index (χ0) is 13.2. The van der Waals surface area contributed by atoms with Gasteiger partial charge in [0.05, 0.1) is 0 Å². The standard InChI is InChI=1S/C14H20BrN3O/c15-11-7-13(17-8-11)14(19)18(12-1-2-12)9-10-3-5-16-6-4-10/h7-8,10,12,16-17H,1-6,9H2. The second-order valence-electron chi connectivity index (χ2n) is 5.61. The van der Waals surface area contributed by atoms with E-state index in [2.05, 4.69) is 31.1 Å². The maximum Gasteiger partial charge on any atom is 0.270 e. The van der Waals surface area contributed by atoms with E-state index in [4.69, 9.17) is 0 Å². The van der Waals surface area contributed by atoms with E-state index in [0.717, 1.165) is 24.1 Å². The molecule has 19 heavy (non-hydrogen) atoms. The Labute approximate surface area is 122 Å². The quantitative estimate of drug-likeness (QED) is 0.892. The van der Waals surface area contributed by atoms with Crippen molar-refractivity contribution in [3.05, 3.63) is 22.4 Å². The molecule has 1 aromatic rings. The Morgan fingerprint density at radius 3 is 2.63 bits per heavy atom. The van der Waals surface area contributed by atoms with Crippen molar-refractivity contribution in [1.29, 1.82) is 0 Å². The molecule has 1 amide bonds. The Kier molecular flexibility index (Phi) is 3.93. The van der Waals surface area contributed by atoms with E-state index in [1.165, 1.54) is 25.7 Å². The first-order valence-electron chi connectivity index (χ1n) is 7.09. The van der Waals surface area contributed by atoms with Gasteiger partial charge in [0.15, 0.2) is 0 Å². The van der Waals surface area contributed by atoms with Crippen molar-refractivity contribution < 1.29 is 4.79 Å². The van der Waals surface area contributed by atoms with Crippen LogP contribution in [0.1, 0.15) is 36.2 Å². The smallest absolute Gasteiger partial charge is 0.270 e. The fourth-order valence-electron chi connectivity index (χ4n) is 2.77. The lowest BCUT2D eigenvalue weighted by Gasteiger charge is -2.30. The Hall–Kier alpha value is -0.810. The summed E-state index contributed by atoms with van der Waals surface area (Å²) in [7, 11) is 0. The largest absolute Gasteiger partial charge is 0.356 e. The van der Waals surface area contributed by atoms with Gasteiger partial charge in [0.1, 0.15) is 5.69 Å². The number of nitrogens with zero attached hydrogens (tertiary/aromatic N) is 1. The summed E-state index contributed by atoms with van der Waals surface area (Å²) in [5.74, 6) is 0.816.